The first-order chi connectivity index (χ1) is 6.61. The molecule has 4 nitrogen and oxygen atoms in total. The molecule has 0 rings (SSSR count). The minimum atomic E-state index is 0.0104. The van der Waals surface area contributed by atoms with Crippen molar-refractivity contribution in [1.82, 2.24) is 4.90 Å². The minimum absolute atomic E-state index is 0.0104. The van der Waals surface area contributed by atoms with E-state index in [1.807, 2.05) is 6.92 Å². The lowest BCUT2D eigenvalue weighted by atomic mass is 10.2. The fourth-order valence-electron chi connectivity index (χ4n) is 1.04. The van der Waals surface area contributed by atoms with Crippen molar-refractivity contribution in [3.05, 3.63) is 0 Å². The number of carbonyl (C=O) groups excluding carboxylic acids is 1. The molecule has 0 heterocycles. The summed E-state index contributed by atoms with van der Waals surface area (Å²) in [4.78, 5) is 12.9. The third-order valence-corrected chi connectivity index (χ3v) is 2.12. The van der Waals surface area contributed by atoms with E-state index in [4.69, 9.17) is 10.5 Å². The Labute approximate surface area is 86.4 Å². The smallest absolute Gasteiger partial charge is 0.248 e. The average Bonchev–Trinajstić information content (AvgIpc) is 2.16. The van der Waals surface area contributed by atoms with Crippen LogP contribution in [0, 0.1) is 0 Å². The van der Waals surface area contributed by atoms with Crippen LogP contribution in [0.5, 0.6) is 0 Å². The van der Waals surface area contributed by atoms with Gasteiger partial charge in [0.1, 0.15) is 6.61 Å². The molecule has 0 radical (unpaired) electrons. The van der Waals surface area contributed by atoms with Crippen molar-refractivity contribution in [3.63, 3.8) is 0 Å². The van der Waals surface area contributed by atoms with E-state index < -0.39 is 0 Å². The molecule has 0 aliphatic rings. The predicted octanol–water partition coefficient (Wildman–Crippen LogP) is 0.609. The van der Waals surface area contributed by atoms with Gasteiger partial charge < -0.3 is 15.4 Å². The second-order valence-corrected chi connectivity index (χ2v) is 3.47. The van der Waals surface area contributed by atoms with Crippen molar-refractivity contribution in [3.8, 4) is 0 Å². The molecule has 14 heavy (non-hydrogen) atoms. The molecule has 0 unspecified atom stereocenters. The Morgan fingerprint density at radius 2 is 2.14 bits per heavy atom. The highest BCUT2D eigenvalue weighted by Crippen LogP contribution is 1.94. The molecule has 1 atom stereocenters. The Kier molecular flexibility index (Phi) is 7.42. The number of likely N-dealkylation sites (N-methyl/N-ethyl adjacent to an activating group) is 1. The lowest BCUT2D eigenvalue weighted by Gasteiger charge is -2.15. The summed E-state index contributed by atoms with van der Waals surface area (Å²) in [6, 6.07) is 0.0553. The zero-order chi connectivity index (χ0) is 11.0. The molecule has 0 spiro atoms. The van der Waals surface area contributed by atoms with Gasteiger partial charge in [-0.05, 0) is 13.3 Å². The minimum Gasteiger partial charge on any atom is -0.370 e. The van der Waals surface area contributed by atoms with Gasteiger partial charge in [0.15, 0.2) is 0 Å². The SMILES string of the molecule is CCC[C@@H](N)COCC(=O)N(C)CC. The summed E-state index contributed by atoms with van der Waals surface area (Å²) in [6.45, 7) is 5.33. The third kappa shape index (κ3) is 5.94. The first kappa shape index (κ1) is 13.4. The van der Waals surface area contributed by atoms with Crippen molar-refractivity contribution >= 4 is 5.91 Å². The van der Waals surface area contributed by atoms with Crippen LogP contribution in [-0.2, 0) is 9.53 Å². The standard InChI is InChI=1S/C10H22N2O2/c1-4-6-9(11)7-14-8-10(13)12(3)5-2/h9H,4-8,11H2,1-3H3/t9-/m1/s1. The Morgan fingerprint density at radius 3 is 2.64 bits per heavy atom. The zero-order valence-corrected chi connectivity index (χ0v) is 9.45. The summed E-state index contributed by atoms with van der Waals surface area (Å²) in [5.74, 6) is 0.0104. The lowest BCUT2D eigenvalue weighted by Crippen LogP contribution is -2.33. The molecule has 0 aromatic rings. The quantitative estimate of drug-likeness (QED) is 0.658. The van der Waals surface area contributed by atoms with Crippen LogP contribution in [0.3, 0.4) is 0 Å². The Bertz CT molecular complexity index is 162. The highest BCUT2D eigenvalue weighted by atomic mass is 16.5. The zero-order valence-electron chi connectivity index (χ0n) is 9.45. The van der Waals surface area contributed by atoms with Crippen LogP contribution in [0.4, 0.5) is 0 Å². The van der Waals surface area contributed by atoms with Gasteiger partial charge in [-0.1, -0.05) is 13.3 Å². The van der Waals surface area contributed by atoms with E-state index >= 15 is 0 Å². The van der Waals surface area contributed by atoms with Gasteiger partial charge in [-0.25, -0.2) is 0 Å². The van der Waals surface area contributed by atoms with Crippen molar-refractivity contribution in [2.45, 2.75) is 32.7 Å². The van der Waals surface area contributed by atoms with Gasteiger partial charge in [-0.3, -0.25) is 4.79 Å². The number of nitrogens with zero attached hydrogens (tertiary/aromatic N) is 1. The number of nitrogens with two attached hydrogens (primary N) is 1. The normalized spacial score (nSPS) is 12.6. The van der Waals surface area contributed by atoms with Crippen LogP contribution in [0.15, 0.2) is 0 Å². The van der Waals surface area contributed by atoms with Gasteiger partial charge in [0.05, 0.1) is 6.61 Å². The maximum absolute atomic E-state index is 11.3. The predicted molar refractivity (Wildman–Crippen MR) is 57.0 cm³/mol. The number of carbonyl (C=O) groups is 1. The lowest BCUT2D eigenvalue weighted by molar-refractivity contribution is -0.134. The number of ether oxygens (including phenoxy) is 1. The molecule has 0 saturated carbocycles. The van der Waals surface area contributed by atoms with Crippen LogP contribution in [0.25, 0.3) is 0 Å². The summed E-state index contributed by atoms with van der Waals surface area (Å²) < 4.78 is 5.22. The number of hydrogen-bond donors (Lipinski definition) is 1. The van der Waals surface area contributed by atoms with Crippen molar-refractivity contribution in [2.75, 3.05) is 26.8 Å². The largest absolute Gasteiger partial charge is 0.370 e. The van der Waals surface area contributed by atoms with E-state index in [1.165, 1.54) is 0 Å². The first-order valence-corrected chi connectivity index (χ1v) is 5.19. The fraction of sp³-hybridized carbons (Fsp3) is 0.900. The van der Waals surface area contributed by atoms with Crippen molar-refractivity contribution in [1.29, 1.82) is 0 Å². The second-order valence-electron chi connectivity index (χ2n) is 3.47. The van der Waals surface area contributed by atoms with Crippen LogP contribution in [0.1, 0.15) is 26.7 Å². The van der Waals surface area contributed by atoms with Crippen LogP contribution in [0.2, 0.25) is 0 Å². The van der Waals surface area contributed by atoms with Gasteiger partial charge in [-0.15, -0.1) is 0 Å². The molecule has 4 heteroatoms. The van der Waals surface area contributed by atoms with Crippen molar-refractivity contribution in [2.24, 2.45) is 5.73 Å². The molecule has 0 aliphatic carbocycles. The Balaban J connectivity index is 3.48. The summed E-state index contributed by atoms with van der Waals surface area (Å²) >= 11 is 0. The maximum Gasteiger partial charge on any atom is 0.248 e. The molecule has 2 N–H and O–H groups in total. The van der Waals surface area contributed by atoms with Crippen molar-refractivity contribution < 1.29 is 9.53 Å². The van der Waals surface area contributed by atoms with E-state index in [2.05, 4.69) is 6.92 Å². The van der Waals surface area contributed by atoms with Crippen LogP contribution in [-0.4, -0.2) is 43.7 Å². The highest BCUT2D eigenvalue weighted by molar-refractivity contribution is 5.77. The van der Waals surface area contributed by atoms with Crippen LogP contribution >= 0.6 is 0 Å². The topological polar surface area (TPSA) is 55.6 Å². The van der Waals surface area contributed by atoms with E-state index in [1.54, 1.807) is 11.9 Å². The molecule has 0 fully saturated rings. The number of amides is 1. The summed E-state index contributed by atoms with van der Waals surface area (Å²) in [5, 5.41) is 0. The molecule has 0 aliphatic heterocycles. The second kappa shape index (κ2) is 7.76. The van der Waals surface area contributed by atoms with Crippen LogP contribution < -0.4 is 5.73 Å². The molecule has 1 amide bonds. The molecular formula is C10H22N2O2. The van der Waals surface area contributed by atoms with E-state index in [0.717, 1.165) is 12.8 Å². The molecule has 84 valence electrons. The summed E-state index contributed by atoms with van der Waals surface area (Å²) in [6.07, 6.45) is 1.99. The monoisotopic (exact) mass is 202 g/mol. The van der Waals surface area contributed by atoms with E-state index in [-0.39, 0.29) is 18.6 Å². The third-order valence-electron chi connectivity index (χ3n) is 2.12. The first-order valence-electron chi connectivity index (χ1n) is 5.19. The average molecular weight is 202 g/mol. The Hall–Kier alpha value is -0.610. The number of hydrogen-bond acceptors (Lipinski definition) is 3. The molecule has 0 saturated heterocycles. The summed E-state index contributed by atoms with van der Waals surface area (Å²) in [7, 11) is 1.76. The van der Waals surface area contributed by atoms with E-state index in [9.17, 15) is 4.79 Å². The summed E-state index contributed by atoms with van der Waals surface area (Å²) in [5.41, 5.74) is 5.73. The Morgan fingerprint density at radius 1 is 1.50 bits per heavy atom. The molecule has 0 bridgehead atoms. The molecule has 0 aromatic carbocycles. The van der Waals surface area contributed by atoms with Gasteiger partial charge in [0, 0.05) is 19.6 Å². The highest BCUT2D eigenvalue weighted by Gasteiger charge is 2.07. The maximum atomic E-state index is 11.3. The van der Waals surface area contributed by atoms with Gasteiger partial charge in [0.2, 0.25) is 5.91 Å². The number of rotatable bonds is 7. The van der Waals surface area contributed by atoms with Gasteiger partial charge in [0.25, 0.3) is 0 Å². The fourth-order valence-corrected chi connectivity index (χ4v) is 1.04. The van der Waals surface area contributed by atoms with Gasteiger partial charge in [-0.2, -0.15) is 0 Å². The molecular weight excluding hydrogens is 180 g/mol. The molecule has 0 aromatic heterocycles. The van der Waals surface area contributed by atoms with Gasteiger partial charge >= 0.3 is 0 Å². The van der Waals surface area contributed by atoms with E-state index in [0.29, 0.717) is 13.2 Å².